The molecule has 2 rings (SSSR count). The third-order valence-electron chi connectivity index (χ3n) is 3.45. The predicted octanol–water partition coefficient (Wildman–Crippen LogP) is 1.75. The van der Waals surface area contributed by atoms with Crippen molar-refractivity contribution in [1.29, 1.82) is 0 Å². The average Bonchev–Trinajstić information content (AvgIpc) is 2.76. The lowest BCUT2D eigenvalue weighted by molar-refractivity contribution is 0.271. The summed E-state index contributed by atoms with van der Waals surface area (Å²) in [6.45, 7) is 4.76. The lowest BCUT2D eigenvalue weighted by atomic mass is 9.95. The van der Waals surface area contributed by atoms with Crippen LogP contribution in [0.25, 0.3) is 0 Å². The summed E-state index contributed by atoms with van der Waals surface area (Å²) >= 11 is 6.05. The Bertz CT molecular complexity index is 504. The van der Waals surface area contributed by atoms with Crippen LogP contribution < -0.4 is 0 Å². The normalized spacial score (nSPS) is 21.1. The number of imidazole rings is 1. The van der Waals surface area contributed by atoms with E-state index in [4.69, 9.17) is 11.6 Å². The highest BCUT2D eigenvalue weighted by atomic mass is 35.5. The van der Waals surface area contributed by atoms with E-state index in [0.29, 0.717) is 24.8 Å². The van der Waals surface area contributed by atoms with Crippen molar-refractivity contribution in [2.24, 2.45) is 5.92 Å². The van der Waals surface area contributed by atoms with E-state index in [0.717, 1.165) is 12.8 Å². The zero-order valence-electron chi connectivity index (χ0n) is 10.6. The number of H-pyrrole nitrogens is 1. The number of hydrogen-bond acceptors (Lipinski definition) is 3. The third-order valence-corrected chi connectivity index (χ3v) is 5.61. The minimum Gasteiger partial charge on any atom is -0.332 e. The van der Waals surface area contributed by atoms with Crippen molar-refractivity contribution < 1.29 is 8.42 Å². The molecule has 1 unspecified atom stereocenters. The molecule has 0 aromatic carbocycles. The summed E-state index contributed by atoms with van der Waals surface area (Å²) in [6.07, 6.45) is 3.01. The molecule has 7 heteroatoms. The van der Waals surface area contributed by atoms with Gasteiger partial charge in [0.25, 0.3) is 10.0 Å². The van der Waals surface area contributed by atoms with Crippen LogP contribution in [-0.2, 0) is 10.0 Å². The first-order valence-electron chi connectivity index (χ1n) is 6.07. The number of piperidine rings is 1. The number of alkyl halides is 1. The second-order valence-corrected chi connectivity index (χ2v) is 7.35. The molecule has 1 atom stereocenters. The van der Waals surface area contributed by atoms with Crippen LogP contribution in [0, 0.1) is 12.8 Å². The Balaban J connectivity index is 2.09. The van der Waals surface area contributed by atoms with Gasteiger partial charge >= 0.3 is 0 Å². The maximum absolute atomic E-state index is 12.3. The summed E-state index contributed by atoms with van der Waals surface area (Å²) in [7, 11) is -3.42. The molecule has 0 aliphatic carbocycles. The molecule has 0 bridgehead atoms. The highest BCUT2D eigenvalue weighted by Crippen LogP contribution is 2.27. The fourth-order valence-corrected chi connectivity index (χ4v) is 3.93. The monoisotopic (exact) mass is 291 g/mol. The van der Waals surface area contributed by atoms with Crippen LogP contribution in [-0.4, -0.2) is 41.2 Å². The van der Waals surface area contributed by atoms with Gasteiger partial charge < -0.3 is 4.98 Å². The molecule has 18 heavy (non-hydrogen) atoms. The number of hydrogen-bond donors (Lipinski definition) is 1. The molecule has 1 aromatic heterocycles. The number of nitrogens with one attached hydrogen (secondary N) is 1. The number of nitrogens with zero attached hydrogens (tertiary/aromatic N) is 2. The van der Waals surface area contributed by atoms with E-state index in [1.165, 1.54) is 10.5 Å². The van der Waals surface area contributed by atoms with E-state index in [-0.39, 0.29) is 10.4 Å². The fourth-order valence-electron chi connectivity index (χ4n) is 2.24. The maximum atomic E-state index is 12.3. The van der Waals surface area contributed by atoms with E-state index in [1.807, 2.05) is 6.92 Å². The molecular formula is C11H18ClN3O2S. The van der Waals surface area contributed by atoms with Crippen LogP contribution in [0.4, 0.5) is 0 Å². The molecule has 5 nitrogen and oxygen atoms in total. The van der Waals surface area contributed by atoms with Crippen molar-refractivity contribution >= 4 is 21.6 Å². The number of aromatic amines is 1. The number of rotatable bonds is 3. The summed E-state index contributed by atoms with van der Waals surface area (Å²) in [5.41, 5.74) is 0. The standard InChI is InChI=1S/C11H18ClN3O2S/c1-8(12)10-3-5-15(6-4-10)18(16,17)11-7-13-9(2)14-11/h7-8,10H,3-6H2,1-2H3,(H,13,14). The van der Waals surface area contributed by atoms with Gasteiger partial charge in [-0.2, -0.15) is 4.31 Å². The van der Waals surface area contributed by atoms with Crippen LogP contribution in [0.3, 0.4) is 0 Å². The van der Waals surface area contributed by atoms with E-state index < -0.39 is 10.0 Å². The van der Waals surface area contributed by atoms with Crippen LogP contribution in [0.15, 0.2) is 11.2 Å². The molecule has 102 valence electrons. The molecule has 2 heterocycles. The van der Waals surface area contributed by atoms with Crippen LogP contribution >= 0.6 is 11.6 Å². The number of halogens is 1. The van der Waals surface area contributed by atoms with E-state index >= 15 is 0 Å². The van der Waals surface area contributed by atoms with Crippen LogP contribution in [0.5, 0.6) is 0 Å². The first kappa shape index (κ1) is 13.8. The predicted molar refractivity (Wildman–Crippen MR) is 70.1 cm³/mol. The van der Waals surface area contributed by atoms with Gasteiger partial charge in [-0.3, -0.25) is 0 Å². The largest absolute Gasteiger partial charge is 0.332 e. The summed E-state index contributed by atoms with van der Waals surface area (Å²) < 4.78 is 26.1. The molecule has 0 saturated carbocycles. The fraction of sp³-hybridized carbons (Fsp3) is 0.727. The van der Waals surface area contributed by atoms with Crippen molar-refractivity contribution in [1.82, 2.24) is 14.3 Å². The zero-order chi connectivity index (χ0) is 13.3. The summed E-state index contributed by atoms with van der Waals surface area (Å²) in [4.78, 5) is 6.72. The molecule has 1 aliphatic rings. The van der Waals surface area contributed by atoms with E-state index in [9.17, 15) is 8.42 Å². The second kappa shape index (κ2) is 5.19. The van der Waals surface area contributed by atoms with Crippen molar-refractivity contribution in [3.63, 3.8) is 0 Å². The molecule has 0 amide bonds. The van der Waals surface area contributed by atoms with E-state index in [1.54, 1.807) is 6.92 Å². The molecular weight excluding hydrogens is 274 g/mol. The quantitative estimate of drug-likeness (QED) is 0.863. The Morgan fingerprint density at radius 3 is 2.56 bits per heavy atom. The zero-order valence-corrected chi connectivity index (χ0v) is 12.1. The number of aryl methyl sites for hydroxylation is 1. The Kier molecular flexibility index (Phi) is 3.99. The van der Waals surface area contributed by atoms with Gasteiger partial charge in [0.2, 0.25) is 0 Å². The van der Waals surface area contributed by atoms with Crippen LogP contribution in [0.1, 0.15) is 25.6 Å². The smallest absolute Gasteiger partial charge is 0.260 e. The Hall–Kier alpha value is -0.590. The van der Waals surface area contributed by atoms with Gasteiger partial charge in [0.15, 0.2) is 5.03 Å². The average molecular weight is 292 g/mol. The van der Waals surface area contributed by atoms with Gasteiger partial charge in [0.05, 0.1) is 6.20 Å². The topological polar surface area (TPSA) is 66.1 Å². The SMILES string of the molecule is Cc1ncc(S(=O)(=O)N2CCC(C(C)Cl)CC2)[nH]1. The molecule has 1 aliphatic heterocycles. The van der Waals surface area contributed by atoms with Crippen molar-refractivity contribution in [2.45, 2.75) is 37.1 Å². The van der Waals surface area contributed by atoms with Gasteiger partial charge in [0.1, 0.15) is 5.82 Å². The Labute approximate surface area is 113 Å². The van der Waals surface area contributed by atoms with Gasteiger partial charge in [-0.25, -0.2) is 13.4 Å². The molecule has 1 saturated heterocycles. The molecule has 0 radical (unpaired) electrons. The molecule has 1 N–H and O–H groups in total. The minimum atomic E-state index is -3.42. The third kappa shape index (κ3) is 2.70. The first-order valence-corrected chi connectivity index (χ1v) is 7.94. The highest BCUT2D eigenvalue weighted by molar-refractivity contribution is 7.89. The van der Waals surface area contributed by atoms with Gasteiger partial charge in [-0.1, -0.05) is 0 Å². The lowest BCUT2D eigenvalue weighted by Crippen LogP contribution is -2.40. The maximum Gasteiger partial charge on any atom is 0.260 e. The van der Waals surface area contributed by atoms with Crippen molar-refractivity contribution in [3.8, 4) is 0 Å². The summed E-state index contributed by atoms with van der Waals surface area (Å²) in [5, 5.41) is 0.279. The molecule has 0 spiro atoms. The summed E-state index contributed by atoms with van der Waals surface area (Å²) in [6, 6.07) is 0. The molecule has 1 fully saturated rings. The number of sulfonamides is 1. The Morgan fingerprint density at radius 1 is 1.50 bits per heavy atom. The van der Waals surface area contributed by atoms with Crippen LogP contribution in [0.2, 0.25) is 0 Å². The summed E-state index contributed by atoms with van der Waals surface area (Å²) in [5.74, 6) is 1.01. The second-order valence-electron chi connectivity index (χ2n) is 4.75. The minimum absolute atomic E-state index is 0.101. The van der Waals surface area contributed by atoms with Gasteiger partial charge in [-0.05, 0) is 32.6 Å². The van der Waals surface area contributed by atoms with Gasteiger partial charge in [0, 0.05) is 18.5 Å². The Morgan fingerprint density at radius 2 is 2.11 bits per heavy atom. The van der Waals surface area contributed by atoms with E-state index in [2.05, 4.69) is 9.97 Å². The van der Waals surface area contributed by atoms with Crippen molar-refractivity contribution in [3.05, 3.63) is 12.0 Å². The van der Waals surface area contributed by atoms with Gasteiger partial charge in [-0.15, -0.1) is 11.6 Å². The number of aromatic nitrogens is 2. The van der Waals surface area contributed by atoms with Crippen molar-refractivity contribution in [2.75, 3.05) is 13.1 Å². The lowest BCUT2D eigenvalue weighted by Gasteiger charge is -2.31. The first-order chi connectivity index (χ1) is 8.41. The highest BCUT2D eigenvalue weighted by Gasteiger charge is 2.31. The molecule has 1 aromatic rings.